The van der Waals surface area contributed by atoms with Crippen molar-refractivity contribution in [3.8, 4) is 5.75 Å². The molecule has 0 aliphatic carbocycles. The quantitative estimate of drug-likeness (QED) is 0.795. The molecule has 5 rings (SSSR count). The molecule has 2 aromatic rings. The Kier molecular flexibility index (Phi) is 4.69. The minimum Gasteiger partial charge on any atom is -0.482 e. The van der Waals surface area contributed by atoms with E-state index in [4.69, 9.17) is 4.74 Å². The molecule has 3 aliphatic rings. The Morgan fingerprint density at radius 2 is 2.00 bits per heavy atom. The highest BCUT2D eigenvalue weighted by atomic mass is 16.5. The van der Waals surface area contributed by atoms with Crippen LogP contribution in [0.25, 0.3) is 0 Å². The van der Waals surface area contributed by atoms with E-state index in [-0.39, 0.29) is 31.0 Å². The van der Waals surface area contributed by atoms with Crippen LogP contribution in [0.3, 0.4) is 0 Å². The molecule has 152 valence electrons. The number of rotatable bonds is 3. The zero-order chi connectivity index (χ0) is 19.8. The van der Waals surface area contributed by atoms with Crippen LogP contribution < -0.4 is 9.64 Å². The molecular formula is C21H25N5O3. The highest BCUT2D eigenvalue weighted by Crippen LogP contribution is 2.34. The first-order valence-electron chi connectivity index (χ1n) is 10.5. The monoisotopic (exact) mass is 395 g/mol. The van der Waals surface area contributed by atoms with Crippen molar-refractivity contribution in [2.45, 2.75) is 51.1 Å². The number of aromatic nitrogens is 3. The van der Waals surface area contributed by atoms with E-state index in [1.54, 1.807) is 4.90 Å². The summed E-state index contributed by atoms with van der Waals surface area (Å²) in [4.78, 5) is 29.1. The third kappa shape index (κ3) is 3.26. The van der Waals surface area contributed by atoms with Gasteiger partial charge in [-0.25, -0.2) is 0 Å². The maximum absolute atomic E-state index is 13.2. The highest BCUT2D eigenvalue weighted by Gasteiger charge is 2.36. The van der Waals surface area contributed by atoms with Gasteiger partial charge in [0.05, 0.1) is 11.7 Å². The standard InChI is InChI=1S/C21H25N5O3/c27-19(13-26-15-7-3-4-9-17(15)29-14-20(26)28)24-12-6-8-16(24)21-23-22-18-10-2-1-5-11-25(18)21/h3-4,7,9,16H,1-2,5-6,8,10-14H2. The van der Waals surface area contributed by atoms with Crippen LogP contribution in [0.5, 0.6) is 5.75 Å². The summed E-state index contributed by atoms with van der Waals surface area (Å²) < 4.78 is 7.71. The Morgan fingerprint density at radius 1 is 1.10 bits per heavy atom. The molecule has 1 unspecified atom stereocenters. The van der Waals surface area contributed by atoms with Crippen LogP contribution in [-0.4, -0.2) is 51.2 Å². The van der Waals surface area contributed by atoms with Gasteiger partial charge in [-0.2, -0.15) is 0 Å². The molecule has 8 heteroatoms. The van der Waals surface area contributed by atoms with Crippen molar-refractivity contribution in [3.05, 3.63) is 35.9 Å². The highest BCUT2D eigenvalue weighted by molar-refractivity contribution is 6.02. The molecule has 8 nitrogen and oxygen atoms in total. The first kappa shape index (κ1) is 18.1. The van der Waals surface area contributed by atoms with Crippen LogP contribution >= 0.6 is 0 Å². The van der Waals surface area contributed by atoms with Gasteiger partial charge in [0, 0.05) is 19.5 Å². The Balaban J connectivity index is 1.38. The molecular weight excluding hydrogens is 370 g/mol. The predicted molar refractivity (Wildman–Crippen MR) is 106 cm³/mol. The summed E-state index contributed by atoms with van der Waals surface area (Å²) in [5.41, 5.74) is 0.657. The van der Waals surface area contributed by atoms with Crippen molar-refractivity contribution in [2.24, 2.45) is 0 Å². The smallest absolute Gasteiger partial charge is 0.265 e. The number of likely N-dealkylation sites (tertiary alicyclic amines) is 1. The van der Waals surface area contributed by atoms with E-state index in [0.29, 0.717) is 18.0 Å². The molecule has 0 radical (unpaired) electrons. The van der Waals surface area contributed by atoms with Crippen molar-refractivity contribution in [2.75, 3.05) is 24.6 Å². The van der Waals surface area contributed by atoms with E-state index >= 15 is 0 Å². The molecule has 1 atom stereocenters. The second-order valence-corrected chi connectivity index (χ2v) is 7.92. The molecule has 0 saturated carbocycles. The van der Waals surface area contributed by atoms with E-state index in [0.717, 1.165) is 50.3 Å². The van der Waals surface area contributed by atoms with Crippen LogP contribution in [0.2, 0.25) is 0 Å². The number of nitrogens with zero attached hydrogens (tertiary/aromatic N) is 5. The summed E-state index contributed by atoms with van der Waals surface area (Å²) in [5, 5.41) is 8.88. The van der Waals surface area contributed by atoms with Gasteiger partial charge in [0.2, 0.25) is 5.91 Å². The number of anilines is 1. The lowest BCUT2D eigenvalue weighted by molar-refractivity contribution is -0.133. The molecule has 1 aromatic heterocycles. The summed E-state index contributed by atoms with van der Waals surface area (Å²) in [6, 6.07) is 7.29. The molecule has 2 amide bonds. The lowest BCUT2D eigenvalue weighted by Gasteiger charge is -2.31. The lowest BCUT2D eigenvalue weighted by atomic mass is 10.2. The molecule has 4 heterocycles. The van der Waals surface area contributed by atoms with E-state index in [1.165, 1.54) is 6.42 Å². The van der Waals surface area contributed by atoms with Crippen LogP contribution in [0.4, 0.5) is 5.69 Å². The molecule has 1 aromatic carbocycles. The number of fused-ring (bicyclic) bond motifs is 2. The third-order valence-corrected chi connectivity index (χ3v) is 6.11. The molecule has 29 heavy (non-hydrogen) atoms. The van der Waals surface area contributed by atoms with Gasteiger partial charge in [0.15, 0.2) is 12.4 Å². The molecule has 0 spiro atoms. The molecule has 1 fully saturated rings. The number of ether oxygens (including phenoxy) is 1. The number of hydrogen-bond donors (Lipinski definition) is 0. The van der Waals surface area contributed by atoms with Crippen molar-refractivity contribution >= 4 is 17.5 Å². The summed E-state index contributed by atoms with van der Waals surface area (Å²) in [7, 11) is 0. The molecule has 0 N–H and O–H groups in total. The SMILES string of the molecule is O=C1COc2ccccc2N1CC(=O)N1CCCC1c1nnc2n1CCCCC2. The number of para-hydroxylation sites is 2. The van der Waals surface area contributed by atoms with Gasteiger partial charge in [-0.15, -0.1) is 10.2 Å². The van der Waals surface area contributed by atoms with Crippen molar-refractivity contribution < 1.29 is 14.3 Å². The average molecular weight is 395 g/mol. The fourth-order valence-electron chi connectivity index (χ4n) is 4.64. The maximum Gasteiger partial charge on any atom is 0.265 e. The molecule has 1 saturated heterocycles. The molecule has 3 aliphatic heterocycles. The number of carbonyl (C=O) groups excluding carboxylic acids is 2. The fourth-order valence-corrected chi connectivity index (χ4v) is 4.64. The Labute approximate surface area is 169 Å². The second kappa shape index (κ2) is 7.50. The first-order chi connectivity index (χ1) is 14.2. The Morgan fingerprint density at radius 3 is 2.93 bits per heavy atom. The Bertz CT molecular complexity index is 940. The summed E-state index contributed by atoms with van der Waals surface area (Å²) in [6.07, 6.45) is 6.24. The van der Waals surface area contributed by atoms with Gasteiger partial charge in [0.25, 0.3) is 5.91 Å². The van der Waals surface area contributed by atoms with Gasteiger partial charge in [-0.3, -0.25) is 14.5 Å². The van der Waals surface area contributed by atoms with Crippen LogP contribution in [-0.2, 0) is 22.6 Å². The second-order valence-electron chi connectivity index (χ2n) is 7.92. The van der Waals surface area contributed by atoms with Crippen LogP contribution in [0.1, 0.15) is 49.8 Å². The summed E-state index contributed by atoms with van der Waals surface area (Å²) in [5.74, 6) is 2.34. The summed E-state index contributed by atoms with van der Waals surface area (Å²) >= 11 is 0. The Hall–Kier alpha value is -2.90. The third-order valence-electron chi connectivity index (χ3n) is 6.11. The normalized spacial score (nSPS) is 21.4. The summed E-state index contributed by atoms with van der Waals surface area (Å²) in [6.45, 7) is 1.60. The van der Waals surface area contributed by atoms with E-state index < -0.39 is 0 Å². The van der Waals surface area contributed by atoms with Crippen LogP contribution in [0.15, 0.2) is 24.3 Å². The minimum atomic E-state index is -0.191. The van der Waals surface area contributed by atoms with Gasteiger partial charge < -0.3 is 14.2 Å². The fraction of sp³-hybridized carbons (Fsp3) is 0.524. The lowest BCUT2D eigenvalue weighted by Crippen LogP contribution is -2.46. The maximum atomic E-state index is 13.2. The largest absolute Gasteiger partial charge is 0.482 e. The first-order valence-corrected chi connectivity index (χ1v) is 10.5. The van der Waals surface area contributed by atoms with E-state index in [9.17, 15) is 9.59 Å². The number of benzene rings is 1. The van der Waals surface area contributed by atoms with Crippen molar-refractivity contribution in [1.82, 2.24) is 19.7 Å². The van der Waals surface area contributed by atoms with Gasteiger partial charge in [-0.1, -0.05) is 18.6 Å². The zero-order valence-corrected chi connectivity index (χ0v) is 16.4. The average Bonchev–Trinajstić information content (AvgIpc) is 3.31. The van der Waals surface area contributed by atoms with Gasteiger partial charge in [0.1, 0.15) is 18.1 Å². The van der Waals surface area contributed by atoms with E-state index in [2.05, 4.69) is 14.8 Å². The van der Waals surface area contributed by atoms with E-state index in [1.807, 2.05) is 29.2 Å². The molecule has 0 bridgehead atoms. The van der Waals surface area contributed by atoms with Gasteiger partial charge >= 0.3 is 0 Å². The van der Waals surface area contributed by atoms with Crippen molar-refractivity contribution in [3.63, 3.8) is 0 Å². The number of hydrogen-bond acceptors (Lipinski definition) is 5. The topological polar surface area (TPSA) is 80.6 Å². The number of carbonyl (C=O) groups is 2. The van der Waals surface area contributed by atoms with Gasteiger partial charge in [-0.05, 0) is 37.8 Å². The van der Waals surface area contributed by atoms with Crippen molar-refractivity contribution in [1.29, 1.82) is 0 Å². The predicted octanol–water partition coefficient (Wildman–Crippen LogP) is 2.09. The number of aryl methyl sites for hydroxylation is 1. The minimum absolute atomic E-state index is 0.0245. The number of amides is 2. The zero-order valence-electron chi connectivity index (χ0n) is 16.4. The van der Waals surface area contributed by atoms with Crippen LogP contribution in [0, 0.1) is 0 Å².